The van der Waals surface area contributed by atoms with Crippen molar-refractivity contribution in [3.63, 3.8) is 0 Å². The lowest BCUT2D eigenvalue weighted by atomic mass is 9.82. The molecule has 0 bridgehead atoms. The average Bonchev–Trinajstić information content (AvgIpc) is 2.80. The number of aryl methyl sites for hydroxylation is 1. The lowest BCUT2D eigenvalue weighted by Gasteiger charge is -2.40. The second kappa shape index (κ2) is 11.3. The summed E-state index contributed by atoms with van der Waals surface area (Å²) in [6.07, 6.45) is 7.93. The highest BCUT2D eigenvalue weighted by molar-refractivity contribution is 5.83. The van der Waals surface area contributed by atoms with E-state index in [9.17, 15) is 9.90 Å². The minimum atomic E-state index is -0.864. The maximum Gasteiger partial charge on any atom is 0.307 e. The van der Waals surface area contributed by atoms with Gasteiger partial charge in [0, 0.05) is 61.5 Å². The van der Waals surface area contributed by atoms with Crippen LogP contribution in [0.3, 0.4) is 0 Å². The third-order valence-corrected chi connectivity index (χ3v) is 6.57. The Labute approximate surface area is 208 Å². The summed E-state index contributed by atoms with van der Waals surface area (Å²) in [5, 5.41) is 9.59. The highest BCUT2D eigenvalue weighted by atomic mass is 16.5. The number of ether oxygens (including phenoxy) is 1. The minimum Gasteiger partial charge on any atom is -0.492 e. The standard InChI is InChI=1S/C27H37N5O3/c1-18(28)20(15-29-5)8-13-35-21-6-7-24(31-16-21)23-17-30-19(2)22(14-25(33)34)26(23)32-11-9-27(3,4)10-12-32/h6-7,15-17H,8-14,28H2,1-5H3,(H,33,34). The number of anilines is 1. The first kappa shape index (κ1) is 26.2. The van der Waals surface area contributed by atoms with Gasteiger partial charge in [0.25, 0.3) is 0 Å². The molecule has 3 heterocycles. The molecule has 0 spiro atoms. The van der Waals surface area contributed by atoms with Crippen molar-refractivity contribution in [1.82, 2.24) is 9.97 Å². The SMILES string of the molecule is CN=CC(CCOc1ccc(-c2cnc(C)c(CC(=O)O)c2N2CCC(C)(C)CC2)nc1)=C(C)N. The van der Waals surface area contributed by atoms with E-state index in [1.165, 1.54) is 0 Å². The number of nitrogens with zero attached hydrogens (tertiary/aromatic N) is 4. The molecule has 0 unspecified atom stereocenters. The summed E-state index contributed by atoms with van der Waals surface area (Å²) >= 11 is 0. The molecule has 0 atom stereocenters. The number of nitrogens with two attached hydrogens (primary N) is 1. The summed E-state index contributed by atoms with van der Waals surface area (Å²) in [5.74, 6) is -0.208. The van der Waals surface area contributed by atoms with E-state index >= 15 is 0 Å². The molecule has 3 N–H and O–H groups in total. The molecule has 0 aliphatic carbocycles. The Morgan fingerprint density at radius 3 is 2.54 bits per heavy atom. The molecule has 0 amide bonds. The van der Waals surface area contributed by atoms with Gasteiger partial charge in [0.05, 0.1) is 30.6 Å². The van der Waals surface area contributed by atoms with Gasteiger partial charge < -0.3 is 20.5 Å². The van der Waals surface area contributed by atoms with Gasteiger partial charge in [-0.2, -0.15) is 0 Å². The molecule has 1 fully saturated rings. The summed E-state index contributed by atoms with van der Waals surface area (Å²) in [6, 6.07) is 3.79. The molecule has 0 radical (unpaired) electrons. The first-order valence-electron chi connectivity index (χ1n) is 12.0. The zero-order valence-corrected chi connectivity index (χ0v) is 21.5. The van der Waals surface area contributed by atoms with E-state index in [2.05, 4.69) is 33.7 Å². The van der Waals surface area contributed by atoms with Crippen molar-refractivity contribution < 1.29 is 14.6 Å². The van der Waals surface area contributed by atoms with Gasteiger partial charge in [-0.15, -0.1) is 0 Å². The molecule has 8 heteroatoms. The van der Waals surface area contributed by atoms with Crippen molar-refractivity contribution in [1.29, 1.82) is 0 Å². The number of carboxylic acid groups (broad SMARTS) is 1. The topological polar surface area (TPSA) is 114 Å². The third-order valence-electron chi connectivity index (χ3n) is 6.57. The minimum absolute atomic E-state index is 0.0689. The number of piperidine rings is 1. The van der Waals surface area contributed by atoms with E-state index in [1.807, 2.05) is 32.2 Å². The van der Waals surface area contributed by atoms with Crippen LogP contribution in [0.4, 0.5) is 5.69 Å². The van der Waals surface area contributed by atoms with Crippen LogP contribution in [-0.2, 0) is 11.2 Å². The molecule has 3 rings (SSSR count). The number of rotatable bonds is 9. The van der Waals surface area contributed by atoms with Gasteiger partial charge in [0.15, 0.2) is 0 Å². The summed E-state index contributed by atoms with van der Waals surface area (Å²) in [4.78, 5) is 27.2. The Hall–Kier alpha value is -3.42. The van der Waals surface area contributed by atoms with Crippen LogP contribution in [0.25, 0.3) is 11.3 Å². The quantitative estimate of drug-likeness (QED) is 0.512. The van der Waals surface area contributed by atoms with Crippen LogP contribution in [0.5, 0.6) is 5.75 Å². The molecule has 1 aliphatic rings. The second-order valence-corrected chi connectivity index (χ2v) is 9.88. The molecule has 0 aromatic carbocycles. The predicted octanol–water partition coefficient (Wildman–Crippen LogP) is 4.41. The van der Waals surface area contributed by atoms with Gasteiger partial charge >= 0.3 is 5.97 Å². The van der Waals surface area contributed by atoms with Crippen LogP contribution >= 0.6 is 0 Å². The Bertz CT molecular complexity index is 1090. The maximum absolute atomic E-state index is 11.7. The molecule has 1 aliphatic heterocycles. The normalized spacial score (nSPS) is 16.3. The first-order valence-corrected chi connectivity index (χ1v) is 12.0. The van der Waals surface area contributed by atoms with E-state index in [1.54, 1.807) is 19.5 Å². The van der Waals surface area contributed by atoms with Crippen molar-refractivity contribution in [2.45, 2.75) is 53.4 Å². The second-order valence-electron chi connectivity index (χ2n) is 9.88. The molecule has 35 heavy (non-hydrogen) atoms. The van der Waals surface area contributed by atoms with Crippen molar-refractivity contribution in [3.8, 4) is 17.0 Å². The summed E-state index contributed by atoms with van der Waals surface area (Å²) < 4.78 is 5.87. The summed E-state index contributed by atoms with van der Waals surface area (Å²) in [5.41, 5.74) is 11.9. The Morgan fingerprint density at radius 2 is 1.97 bits per heavy atom. The molecule has 0 saturated carbocycles. The molecule has 8 nitrogen and oxygen atoms in total. The van der Waals surface area contributed by atoms with Gasteiger partial charge in [0.1, 0.15) is 5.75 Å². The molecular formula is C27H37N5O3. The number of aromatic nitrogens is 2. The largest absolute Gasteiger partial charge is 0.492 e. The van der Waals surface area contributed by atoms with Crippen LogP contribution in [0.1, 0.15) is 51.3 Å². The average molecular weight is 480 g/mol. The Kier molecular flexibility index (Phi) is 8.48. The van der Waals surface area contributed by atoms with Gasteiger partial charge in [-0.25, -0.2) is 0 Å². The molecule has 1 saturated heterocycles. The van der Waals surface area contributed by atoms with Crippen molar-refractivity contribution in [3.05, 3.63) is 47.1 Å². The van der Waals surface area contributed by atoms with Crippen molar-refractivity contribution in [2.75, 3.05) is 31.6 Å². The highest BCUT2D eigenvalue weighted by Crippen LogP contribution is 2.39. The number of hydrogen-bond acceptors (Lipinski definition) is 7. The van der Waals surface area contributed by atoms with E-state index in [0.717, 1.165) is 65.4 Å². The van der Waals surface area contributed by atoms with Crippen LogP contribution < -0.4 is 15.4 Å². The lowest BCUT2D eigenvalue weighted by Crippen LogP contribution is -2.38. The molecule has 188 valence electrons. The lowest BCUT2D eigenvalue weighted by molar-refractivity contribution is -0.136. The van der Waals surface area contributed by atoms with Gasteiger partial charge in [-0.3, -0.25) is 19.8 Å². The zero-order chi connectivity index (χ0) is 25.6. The summed E-state index contributed by atoms with van der Waals surface area (Å²) in [6.45, 7) is 10.5. The molecular weight excluding hydrogens is 442 g/mol. The monoisotopic (exact) mass is 479 g/mol. The van der Waals surface area contributed by atoms with Gasteiger partial charge in [-0.05, 0) is 49.8 Å². The number of aliphatic carboxylic acids is 1. The third kappa shape index (κ3) is 6.81. The van der Waals surface area contributed by atoms with Crippen LogP contribution in [0.15, 0.2) is 40.8 Å². The fourth-order valence-corrected chi connectivity index (χ4v) is 4.30. The summed E-state index contributed by atoms with van der Waals surface area (Å²) in [7, 11) is 1.72. The van der Waals surface area contributed by atoms with Gasteiger partial charge in [-0.1, -0.05) is 13.8 Å². The van der Waals surface area contributed by atoms with Crippen LogP contribution in [-0.4, -0.2) is 54.0 Å². The van der Waals surface area contributed by atoms with Crippen LogP contribution in [0, 0.1) is 12.3 Å². The number of aliphatic imine (C=N–C) groups is 1. The van der Waals surface area contributed by atoms with Crippen molar-refractivity contribution in [2.24, 2.45) is 16.1 Å². The van der Waals surface area contributed by atoms with E-state index < -0.39 is 5.97 Å². The first-order chi connectivity index (χ1) is 16.6. The predicted molar refractivity (Wildman–Crippen MR) is 140 cm³/mol. The zero-order valence-electron chi connectivity index (χ0n) is 21.5. The van der Waals surface area contributed by atoms with Gasteiger partial charge in [0.2, 0.25) is 0 Å². The van der Waals surface area contributed by atoms with E-state index in [0.29, 0.717) is 18.8 Å². The fourth-order valence-electron chi connectivity index (χ4n) is 4.30. The van der Waals surface area contributed by atoms with E-state index in [-0.39, 0.29) is 11.8 Å². The fraction of sp³-hybridized carbons (Fsp3) is 0.481. The number of carboxylic acids is 1. The maximum atomic E-state index is 11.7. The number of allylic oxidation sites excluding steroid dienone is 1. The number of hydrogen-bond donors (Lipinski definition) is 2. The van der Waals surface area contributed by atoms with E-state index in [4.69, 9.17) is 10.5 Å². The number of carbonyl (C=O) groups is 1. The van der Waals surface area contributed by atoms with Crippen molar-refractivity contribution >= 4 is 17.9 Å². The molecule has 2 aromatic heterocycles. The molecule has 2 aromatic rings. The Balaban J connectivity index is 1.87. The Morgan fingerprint density at radius 1 is 1.26 bits per heavy atom. The smallest absolute Gasteiger partial charge is 0.307 e. The highest BCUT2D eigenvalue weighted by Gasteiger charge is 2.29. The van der Waals surface area contributed by atoms with Crippen LogP contribution in [0.2, 0.25) is 0 Å². The number of pyridine rings is 2.